The van der Waals surface area contributed by atoms with Gasteiger partial charge in [-0.25, -0.2) is 4.21 Å². The number of hydrogen-bond donors (Lipinski definition) is 1. The summed E-state index contributed by atoms with van der Waals surface area (Å²) in [5, 5.41) is 0. The molecular weight excluding hydrogens is 192 g/mol. The lowest BCUT2D eigenvalue weighted by molar-refractivity contribution is 0.153. The van der Waals surface area contributed by atoms with Gasteiger partial charge in [-0.3, -0.25) is 4.18 Å². The molecule has 12 heavy (non-hydrogen) atoms. The van der Waals surface area contributed by atoms with Gasteiger partial charge in [0.2, 0.25) is 0 Å². The number of thiol groups is 1. The van der Waals surface area contributed by atoms with Crippen LogP contribution in [-0.4, -0.2) is 20.3 Å². The van der Waals surface area contributed by atoms with Crippen LogP contribution in [0, 0.1) is 0 Å². The Hall–Kier alpha value is 0.460. The number of rotatable bonds is 3. The third kappa shape index (κ3) is 4.48. The maximum atomic E-state index is 11.5. The van der Waals surface area contributed by atoms with Gasteiger partial charge in [-0.15, -0.1) is 0 Å². The molecule has 0 aliphatic carbocycles. The van der Waals surface area contributed by atoms with Crippen LogP contribution in [0.25, 0.3) is 0 Å². The van der Waals surface area contributed by atoms with Crippen molar-refractivity contribution in [3.63, 3.8) is 0 Å². The first-order valence-electron chi connectivity index (χ1n) is 3.91. The van der Waals surface area contributed by atoms with Gasteiger partial charge in [0.05, 0.1) is 10.3 Å². The van der Waals surface area contributed by atoms with E-state index in [-0.39, 0.29) is 4.75 Å². The normalized spacial score (nSPS) is 16.2. The Morgan fingerprint density at radius 3 is 1.92 bits per heavy atom. The van der Waals surface area contributed by atoms with Crippen LogP contribution in [-0.2, 0) is 15.3 Å². The Morgan fingerprint density at radius 1 is 1.25 bits per heavy atom. The first kappa shape index (κ1) is 12.5. The van der Waals surface area contributed by atoms with Crippen LogP contribution in [0.1, 0.15) is 34.6 Å². The molecule has 0 rings (SSSR count). The minimum absolute atomic E-state index is 0.319. The predicted octanol–water partition coefficient (Wildman–Crippen LogP) is 2.17. The predicted molar refractivity (Wildman–Crippen MR) is 56.9 cm³/mol. The molecule has 0 aromatic heterocycles. The summed E-state index contributed by atoms with van der Waals surface area (Å²) in [5.74, 6) is 0.564. The summed E-state index contributed by atoms with van der Waals surface area (Å²) in [4.78, 5) is 0. The van der Waals surface area contributed by atoms with E-state index < -0.39 is 16.7 Å². The molecule has 0 spiro atoms. The minimum atomic E-state index is -1.26. The Balaban J connectivity index is 4.20. The zero-order valence-electron chi connectivity index (χ0n) is 8.38. The molecule has 4 heteroatoms. The molecule has 0 aliphatic rings. The van der Waals surface area contributed by atoms with E-state index in [1.165, 1.54) is 0 Å². The van der Waals surface area contributed by atoms with E-state index in [1.807, 2.05) is 34.6 Å². The Morgan fingerprint density at radius 2 is 1.67 bits per heavy atom. The summed E-state index contributed by atoms with van der Waals surface area (Å²) in [5.41, 5.74) is -0.415. The highest BCUT2D eigenvalue weighted by atomic mass is 32.2. The highest BCUT2D eigenvalue weighted by molar-refractivity contribution is 7.82. The molecule has 0 aromatic carbocycles. The average molecular weight is 210 g/mol. The second-order valence-corrected chi connectivity index (χ2v) is 6.53. The lowest BCUT2D eigenvalue weighted by Crippen LogP contribution is -2.34. The van der Waals surface area contributed by atoms with Crippen LogP contribution < -0.4 is 0 Å². The Kier molecular flexibility index (Phi) is 4.27. The molecule has 0 aromatic rings. The van der Waals surface area contributed by atoms with Crippen LogP contribution in [0.4, 0.5) is 0 Å². The molecule has 0 saturated heterocycles. The van der Waals surface area contributed by atoms with Crippen molar-refractivity contribution in [1.82, 2.24) is 0 Å². The van der Waals surface area contributed by atoms with Crippen molar-refractivity contribution in [2.24, 2.45) is 0 Å². The van der Waals surface area contributed by atoms with E-state index in [0.717, 1.165) is 0 Å². The van der Waals surface area contributed by atoms with Gasteiger partial charge in [0.15, 0.2) is 11.1 Å². The third-order valence-electron chi connectivity index (χ3n) is 1.18. The van der Waals surface area contributed by atoms with Crippen LogP contribution in [0.15, 0.2) is 0 Å². The van der Waals surface area contributed by atoms with Crippen LogP contribution in [0.5, 0.6) is 0 Å². The second-order valence-electron chi connectivity index (χ2n) is 4.35. The highest BCUT2D eigenvalue weighted by Gasteiger charge is 2.27. The Bertz CT molecular complexity index is 170. The maximum Gasteiger partial charge on any atom is 0.161 e. The summed E-state index contributed by atoms with van der Waals surface area (Å²) >= 11 is 2.86. The zero-order valence-corrected chi connectivity index (χ0v) is 10.1. The zero-order chi connectivity index (χ0) is 9.99. The van der Waals surface area contributed by atoms with Crippen molar-refractivity contribution in [2.75, 3.05) is 5.75 Å². The van der Waals surface area contributed by atoms with Gasteiger partial charge in [0.1, 0.15) is 0 Å². The fourth-order valence-corrected chi connectivity index (χ4v) is 1.23. The molecule has 0 saturated carbocycles. The van der Waals surface area contributed by atoms with E-state index >= 15 is 0 Å². The van der Waals surface area contributed by atoms with Crippen LogP contribution in [0.3, 0.4) is 0 Å². The van der Waals surface area contributed by atoms with Crippen molar-refractivity contribution in [3.05, 3.63) is 0 Å². The fraction of sp³-hybridized carbons (Fsp3) is 1.00. The minimum Gasteiger partial charge on any atom is -0.283 e. The Labute approximate surface area is 83.1 Å². The highest BCUT2D eigenvalue weighted by Crippen LogP contribution is 2.20. The molecule has 2 nitrogen and oxygen atoms in total. The quantitative estimate of drug-likeness (QED) is 0.723. The first-order chi connectivity index (χ1) is 5.19. The topological polar surface area (TPSA) is 26.3 Å². The molecular formula is C8H18O2S2. The SMILES string of the molecule is CC(C)(CS)OS(=O)C(C)(C)C. The molecule has 0 aliphatic heterocycles. The molecule has 0 bridgehead atoms. The summed E-state index contributed by atoms with van der Waals surface area (Å²) in [6.45, 7) is 9.42. The van der Waals surface area contributed by atoms with E-state index in [0.29, 0.717) is 5.75 Å². The third-order valence-corrected chi connectivity index (χ3v) is 3.55. The summed E-state index contributed by atoms with van der Waals surface area (Å²) in [7, 11) is 0. The molecule has 0 heterocycles. The van der Waals surface area contributed by atoms with Gasteiger partial charge in [0, 0.05) is 5.75 Å². The summed E-state index contributed by atoms with van der Waals surface area (Å²) in [6.07, 6.45) is 0. The van der Waals surface area contributed by atoms with Crippen molar-refractivity contribution in [2.45, 2.75) is 45.0 Å². The van der Waals surface area contributed by atoms with E-state index in [4.69, 9.17) is 4.18 Å². The van der Waals surface area contributed by atoms with Crippen LogP contribution in [0.2, 0.25) is 0 Å². The molecule has 1 unspecified atom stereocenters. The summed E-state index contributed by atoms with van der Waals surface area (Å²) in [6, 6.07) is 0. The first-order valence-corrected chi connectivity index (χ1v) is 5.62. The lowest BCUT2D eigenvalue weighted by atomic mass is 10.2. The van der Waals surface area contributed by atoms with Gasteiger partial charge in [-0.2, -0.15) is 12.6 Å². The van der Waals surface area contributed by atoms with Crippen molar-refractivity contribution in [1.29, 1.82) is 0 Å². The monoisotopic (exact) mass is 210 g/mol. The van der Waals surface area contributed by atoms with Crippen molar-refractivity contribution >= 4 is 23.7 Å². The van der Waals surface area contributed by atoms with Gasteiger partial charge in [-0.05, 0) is 34.6 Å². The van der Waals surface area contributed by atoms with Crippen molar-refractivity contribution < 1.29 is 8.39 Å². The van der Waals surface area contributed by atoms with E-state index in [9.17, 15) is 4.21 Å². The molecule has 0 amide bonds. The molecule has 0 N–H and O–H groups in total. The molecule has 74 valence electrons. The molecule has 0 fully saturated rings. The fourth-order valence-electron chi connectivity index (χ4n) is 0.356. The van der Waals surface area contributed by atoms with Gasteiger partial charge >= 0.3 is 0 Å². The smallest absolute Gasteiger partial charge is 0.161 e. The maximum absolute atomic E-state index is 11.5. The molecule has 0 radical (unpaired) electrons. The largest absolute Gasteiger partial charge is 0.283 e. The molecule has 1 atom stereocenters. The second kappa shape index (κ2) is 4.11. The van der Waals surface area contributed by atoms with Crippen molar-refractivity contribution in [3.8, 4) is 0 Å². The summed E-state index contributed by atoms with van der Waals surface area (Å²) < 4.78 is 16.5. The van der Waals surface area contributed by atoms with E-state index in [2.05, 4.69) is 12.6 Å². The average Bonchev–Trinajstić information content (AvgIpc) is 1.85. The number of hydrogen-bond acceptors (Lipinski definition) is 3. The lowest BCUT2D eigenvalue weighted by Gasteiger charge is -2.26. The van der Waals surface area contributed by atoms with Gasteiger partial charge < -0.3 is 0 Å². The van der Waals surface area contributed by atoms with Gasteiger partial charge in [0.25, 0.3) is 0 Å². The van der Waals surface area contributed by atoms with E-state index in [1.54, 1.807) is 0 Å². The standard InChI is InChI=1S/C8H18O2S2/c1-7(2,3)12(9)10-8(4,5)6-11/h11H,6H2,1-5H3. The van der Waals surface area contributed by atoms with Gasteiger partial charge in [-0.1, -0.05) is 0 Å². The van der Waals surface area contributed by atoms with Crippen LogP contribution >= 0.6 is 12.6 Å².